The van der Waals surface area contributed by atoms with E-state index in [-0.39, 0.29) is 12.5 Å². The van der Waals surface area contributed by atoms with Crippen LogP contribution in [0.25, 0.3) is 0 Å². The van der Waals surface area contributed by atoms with Crippen LogP contribution in [0.15, 0.2) is 24.3 Å². The molecule has 100 valence electrons. The Kier molecular flexibility index (Phi) is 5.42. The first-order valence-electron chi connectivity index (χ1n) is 5.72. The van der Waals surface area contributed by atoms with E-state index in [0.29, 0.717) is 0 Å². The van der Waals surface area contributed by atoms with Crippen molar-refractivity contribution in [3.05, 3.63) is 29.8 Å². The molecule has 1 atom stereocenters. The zero-order valence-corrected chi connectivity index (χ0v) is 10.9. The molecule has 1 aromatic carbocycles. The summed E-state index contributed by atoms with van der Waals surface area (Å²) in [6.07, 6.45) is 5.30. The second-order valence-electron chi connectivity index (χ2n) is 3.88. The third-order valence-corrected chi connectivity index (χ3v) is 2.40. The van der Waals surface area contributed by atoms with Crippen molar-refractivity contribution in [2.45, 2.75) is 13.0 Å². The molecule has 0 fully saturated rings. The predicted molar refractivity (Wildman–Crippen MR) is 72.5 cm³/mol. The van der Waals surface area contributed by atoms with Gasteiger partial charge < -0.3 is 15.4 Å². The summed E-state index contributed by atoms with van der Waals surface area (Å²) in [7, 11) is 1.27. The van der Waals surface area contributed by atoms with Crippen LogP contribution in [-0.2, 0) is 14.3 Å². The van der Waals surface area contributed by atoms with Crippen molar-refractivity contribution in [1.29, 1.82) is 0 Å². The Balaban J connectivity index is 2.67. The third-order valence-electron chi connectivity index (χ3n) is 2.40. The van der Waals surface area contributed by atoms with E-state index >= 15 is 0 Å². The number of hydrogen-bond donors (Lipinski definition) is 2. The average Bonchev–Trinajstić information content (AvgIpc) is 2.42. The summed E-state index contributed by atoms with van der Waals surface area (Å²) < 4.78 is 4.62. The molecule has 1 rings (SSSR count). The molecule has 0 aliphatic carbocycles. The summed E-state index contributed by atoms with van der Waals surface area (Å²) in [6, 6.07) is 6.47. The summed E-state index contributed by atoms with van der Waals surface area (Å²) in [6.45, 7) is 1.56. The summed E-state index contributed by atoms with van der Waals surface area (Å²) in [4.78, 5) is 22.5. The normalized spacial score (nSPS) is 11.0. The first-order valence-corrected chi connectivity index (χ1v) is 5.72. The largest absolute Gasteiger partial charge is 0.467 e. The molecule has 0 aromatic heterocycles. The Hall–Kier alpha value is -2.48. The van der Waals surface area contributed by atoms with Gasteiger partial charge in [0.1, 0.15) is 6.04 Å². The fourth-order valence-electron chi connectivity index (χ4n) is 1.52. The first kappa shape index (κ1) is 14.6. The van der Waals surface area contributed by atoms with Crippen molar-refractivity contribution in [3.63, 3.8) is 0 Å². The van der Waals surface area contributed by atoms with Crippen LogP contribution in [0.4, 0.5) is 5.69 Å². The van der Waals surface area contributed by atoms with Gasteiger partial charge in [-0.25, -0.2) is 4.79 Å². The lowest BCUT2D eigenvalue weighted by Crippen LogP contribution is -2.45. The minimum absolute atomic E-state index is 0.222. The molecule has 5 heteroatoms. The number of esters is 1. The van der Waals surface area contributed by atoms with Gasteiger partial charge >= 0.3 is 5.97 Å². The highest BCUT2D eigenvalue weighted by atomic mass is 16.5. The molecule has 0 aliphatic rings. The van der Waals surface area contributed by atoms with Crippen LogP contribution in [0, 0.1) is 12.3 Å². The summed E-state index contributed by atoms with van der Waals surface area (Å²) >= 11 is 0. The number of ether oxygens (including phenoxy) is 1. The molecule has 0 radical (unpaired) electrons. The molecule has 19 heavy (non-hydrogen) atoms. The molecule has 0 heterocycles. The van der Waals surface area contributed by atoms with E-state index < -0.39 is 12.0 Å². The highest BCUT2D eigenvalue weighted by Crippen LogP contribution is 2.09. The van der Waals surface area contributed by atoms with Crippen LogP contribution >= 0.6 is 0 Å². The van der Waals surface area contributed by atoms with Gasteiger partial charge in [0, 0.05) is 24.7 Å². The smallest absolute Gasteiger partial charge is 0.330 e. The van der Waals surface area contributed by atoms with Gasteiger partial charge in [0.2, 0.25) is 5.91 Å². The topological polar surface area (TPSA) is 67.4 Å². The van der Waals surface area contributed by atoms with Gasteiger partial charge in [-0.3, -0.25) is 4.79 Å². The lowest BCUT2D eigenvalue weighted by atomic mass is 10.2. The zero-order valence-electron chi connectivity index (χ0n) is 10.9. The number of benzene rings is 1. The highest BCUT2D eigenvalue weighted by molar-refractivity contribution is 5.83. The standard InChI is InChI=1S/C14H16N2O3/c1-4-11-6-5-7-12(8-11)15-9-13(14(18)19-3)16-10(2)17/h1,5-8,13,15H,9H2,2-3H3,(H,16,17). The monoisotopic (exact) mass is 260 g/mol. The van der Waals surface area contributed by atoms with Gasteiger partial charge in [0.15, 0.2) is 0 Å². The Morgan fingerprint density at radius 3 is 2.79 bits per heavy atom. The predicted octanol–water partition coefficient (Wildman–Crippen LogP) is 0.757. The maximum absolute atomic E-state index is 11.5. The quantitative estimate of drug-likeness (QED) is 0.606. The van der Waals surface area contributed by atoms with Crippen LogP contribution in [0.1, 0.15) is 12.5 Å². The maximum atomic E-state index is 11.5. The van der Waals surface area contributed by atoms with Crippen molar-refractivity contribution in [1.82, 2.24) is 5.32 Å². The average molecular weight is 260 g/mol. The van der Waals surface area contributed by atoms with Crippen molar-refractivity contribution in [2.75, 3.05) is 19.0 Å². The Bertz CT molecular complexity index is 506. The molecular weight excluding hydrogens is 244 g/mol. The number of nitrogens with one attached hydrogen (secondary N) is 2. The molecule has 1 amide bonds. The van der Waals surface area contributed by atoms with Crippen LogP contribution in [0.2, 0.25) is 0 Å². The SMILES string of the molecule is C#Cc1cccc(NCC(NC(C)=O)C(=O)OC)c1. The molecule has 0 aliphatic heterocycles. The van der Waals surface area contributed by atoms with Crippen LogP contribution < -0.4 is 10.6 Å². The van der Waals surface area contributed by atoms with E-state index in [1.165, 1.54) is 14.0 Å². The van der Waals surface area contributed by atoms with Crippen LogP contribution in [-0.4, -0.2) is 31.6 Å². The van der Waals surface area contributed by atoms with E-state index in [4.69, 9.17) is 6.42 Å². The van der Waals surface area contributed by atoms with Gasteiger partial charge in [-0.15, -0.1) is 6.42 Å². The van der Waals surface area contributed by atoms with Crippen molar-refractivity contribution in [3.8, 4) is 12.3 Å². The number of carbonyl (C=O) groups excluding carboxylic acids is 2. The number of carbonyl (C=O) groups is 2. The van der Waals surface area contributed by atoms with Gasteiger partial charge in [-0.1, -0.05) is 12.0 Å². The fourth-order valence-corrected chi connectivity index (χ4v) is 1.52. The van der Waals surface area contributed by atoms with E-state index in [0.717, 1.165) is 11.3 Å². The molecule has 2 N–H and O–H groups in total. The Morgan fingerprint density at radius 1 is 1.47 bits per heavy atom. The van der Waals surface area contributed by atoms with Gasteiger partial charge in [-0.05, 0) is 18.2 Å². The lowest BCUT2D eigenvalue weighted by molar-refractivity contribution is -0.144. The third kappa shape index (κ3) is 4.72. The van der Waals surface area contributed by atoms with Gasteiger partial charge in [-0.2, -0.15) is 0 Å². The molecule has 0 bridgehead atoms. The lowest BCUT2D eigenvalue weighted by Gasteiger charge is -2.16. The number of rotatable bonds is 5. The number of methoxy groups -OCH3 is 1. The second-order valence-corrected chi connectivity index (χ2v) is 3.88. The first-order chi connectivity index (χ1) is 9.06. The van der Waals surface area contributed by atoms with E-state index in [2.05, 4.69) is 21.3 Å². The summed E-state index contributed by atoms with van der Waals surface area (Å²) in [5.41, 5.74) is 1.51. The highest BCUT2D eigenvalue weighted by Gasteiger charge is 2.19. The van der Waals surface area contributed by atoms with Crippen molar-refractivity contribution < 1.29 is 14.3 Å². The fraction of sp³-hybridized carbons (Fsp3) is 0.286. The van der Waals surface area contributed by atoms with Crippen molar-refractivity contribution >= 4 is 17.6 Å². The number of hydrogen-bond acceptors (Lipinski definition) is 4. The minimum atomic E-state index is -0.739. The van der Waals surface area contributed by atoms with E-state index in [1.807, 2.05) is 12.1 Å². The van der Waals surface area contributed by atoms with Crippen molar-refractivity contribution in [2.24, 2.45) is 0 Å². The summed E-state index contributed by atoms with van der Waals surface area (Å²) in [5.74, 6) is 1.72. The molecule has 1 unspecified atom stereocenters. The van der Waals surface area contributed by atoms with Crippen LogP contribution in [0.3, 0.4) is 0 Å². The van der Waals surface area contributed by atoms with E-state index in [1.54, 1.807) is 12.1 Å². The minimum Gasteiger partial charge on any atom is -0.467 e. The Labute approximate surface area is 112 Å². The molecule has 0 spiro atoms. The Morgan fingerprint density at radius 2 is 2.21 bits per heavy atom. The molecule has 5 nitrogen and oxygen atoms in total. The number of anilines is 1. The second kappa shape index (κ2) is 7.07. The van der Waals surface area contributed by atoms with Gasteiger partial charge in [0.05, 0.1) is 7.11 Å². The van der Waals surface area contributed by atoms with Gasteiger partial charge in [0.25, 0.3) is 0 Å². The molecule has 0 saturated heterocycles. The summed E-state index contributed by atoms with van der Waals surface area (Å²) in [5, 5.41) is 5.54. The molecule has 0 saturated carbocycles. The maximum Gasteiger partial charge on any atom is 0.330 e. The zero-order chi connectivity index (χ0) is 14.3. The number of terminal acetylenes is 1. The van der Waals surface area contributed by atoms with Crippen LogP contribution in [0.5, 0.6) is 0 Å². The number of amides is 1. The molecular formula is C14H16N2O3. The molecule has 1 aromatic rings. The van der Waals surface area contributed by atoms with E-state index in [9.17, 15) is 9.59 Å².